The Hall–Kier alpha value is -3.02. The molecule has 1 amide bonds. The monoisotopic (exact) mass is 354 g/mol. The average Bonchev–Trinajstić information content (AvgIpc) is 3.00. The van der Waals surface area contributed by atoms with Crippen LogP contribution in [0, 0.1) is 6.92 Å². The zero-order valence-corrected chi connectivity index (χ0v) is 15.6. The smallest absolute Gasteiger partial charge is 0.243 e. The van der Waals surface area contributed by atoms with E-state index in [0.717, 1.165) is 11.1 Å². The summed E-state index contributed by atoms with van der Waals surface area (Å²) in [5.41, 5.74) is 1.45. The van der Waals surface area contributed by atoms with Crippen LogP contribution in [0.3, 0.4) is 0 Å². The SMILES string of the molecule is COc1ccc([C@]2(C)OC(c3cccc(C)c3)=NN2C(C)=O)c(OC)c1. The number of aryl methyl sites for hydroxylation is 1. The second kappa shape index (κ2) is 6.71. The summed E-state index contributed by atoms with van der Waals surface area (Å²) in [6, 6.07) is 13.2. The summed E-state index contributed by atoms with van der Waals surface area (Å²) in [6.45, 7) is 5.25. The highest BCUT2D eigenvalue weighted by Gasteiger charge is 2.46. The second-order valence-corrected chi connectivity index (χ2v) is 6.26. The third-order valence-electron chi connectivity index (χ3n) is 4.36. The van der Waals surface area contributed by atoms with Crippen molar-refractivity contribution in [2.45, 2.75) is 26.5 Å². The molecular weight excluding hydrogens is 332 g/mol. The Kier molecular flexibility index (Phi) is 4.59. The van der Waals surface area contributed by atoms with Crippen LogP contribution < -0.4 is 9.47 Å². The van der Waals surface area contributed by atoms with E-state index in [4.69, 9.17) is 14.2 Å². The molecule has 1 atom stereocenters. The number of carbonyl (C=O) groups excluding carboxylic acids is 1. The Balaban J connectivity index is 2.08. The number of nitrogens with zero attached hydrogens (tertiary/aromatic N) is 2. The summed E-state index contributed by atoms with van der Waals surface area (Å²) in [5, 5.41) is 5.78. The number of hydrogen-bond acceptors (Lipinski definition) is 5. The number of rotatable bonds is 4. The lowest BCUT2D eigenvalue weighted by Gasteiger charge is -2.32. The molecule has 0 bridgehead atoms. The van der Waals surface area contributed by atoms with E-state index in [1.165, 1.54) is 11.9 Å². The molecule has 0 spiro atoms. The highest BCUT2D eigenvalue weighted by atomic mass is 16.6. The first kappa shape index (κ1) is 17.8. The van der Waals surface area contributed by atoms with Gasteiger partial charge in [0, 0.05) is 25.5 Å². The predicted octanol–water partition coefficient (Wildman–Crippen LogP) is 3.43. The van der Waals surface area contributed by atoms with Crippen LogP contribution in [0.15, 0.2) is 47.6 Å². The van der Waals surface area contributed by atoms with E-state index >= 15 is 0 Å². The van der Waals surface area contributed by atoms with Crippen molar-refractivity contribution in [3.63, 3.8) is 0 Å². The summed E-state index contributed by atoms with van der Waals surface area (Å²) in [5.74, 6) is 1.37. The lowest BCUT2D eigenvalue weighted by molar-refractivity contribution is -0.146. The van der Waals surface area contributed by atoms with Crippen LogP contribution in [0.5, 0.6) is 11.5 Å². The first-order valence-corrected chi connectivity index (χ1v) is 8.27. The summed E-state index contributed by atoms with van der Waals surface area (Å²) in [4.78, 5) is 12.3. The lowest BCUT2D eigenvalue weighted by Crippen LogP contribution is -2.41. The van der Waals surface area contributed by atoms with Crippen LogP contribution in [-0.4, -0.2) is 31.0 Å². The Morgan fingerprint density at radius 1 is 1.15 bits per heavy atom. The number of benzene rings is 2. The van der Waals surface area contributed by atoms with Gasteiger partial charge in [0.25, 0.3) is 0 Å². The first-order valence-electron chi connectivity index (χ1n) is 8.27. The van der Waals surface area contributed by atoms with Gasteiger partial charge in [0.2, 0.25) is 17.5 Å². The standard InChI is InChI=1S/C20H22N2O4/c1-13-7-6-8-15(11-13)19-21-22(14(2)23)20(3,26-19)17-10-9-16(24-4)12-18(17)25-5/h6-12H,1-5H3/t20-/m0/s1. The van der Waals surface area contributed by atoms with Gasteiger partial charge in [-0.05, 0) is 31.2 Å². The molecule has 1 heterocycles. The number of hydrazone groups is 1. The van der Waals surface area contributed by atoms with E-state index in [2.05, 4.69) is 5.10 Å². The summed E-state index contributed by atoms with van der Waals surface area (Å²) in [7, 11) is 3.15. The van der Waals surface area contributed by atoms with Gasteiger partial charge < -0.3 is 14.2 Å². The molecule has 6 nitrogen and oxygen atoms in total. The van der Waals surface area contributed by atoms with E-state index in [-0.39, 0.29) is 5.91 Å². The molecule has 0 saturated carbocycles. The topological polar surface area (TPSA) is 60.4 Å². The molecule has 3 rings (SSSR count). The molecule has 0 saturated heterocycles. The Labute approximate surface area is 153 Å². The van der Waals surface area contributed by atoms with Gasteiger partial charge in [-0.2, -0.15) is 5.01 Å². The van der Waals surface area contributed by atoms with Crippen molar-refractivity contribution in [1.29, 1.82) is 0 Å². The van der Waals surface area contributed by atoms with Crippen molar-refractivity contribution in [2.24, 2.45) is 5.10 Å². The van der Waals surface area contributed by atoms with E-state index in [9.17, 15) is 4.79 Å². The minimum Gasteiger partial charge on any atom is -0.497 e. The number of ether oxygens (including phenoxy) is 3. The minimum absolute atomic E-state index is 0.229. The largest absolute Gasteiger partial charge is 0.497 e. The van der Waals surface area contributed by atoms with Crippen molar-refractivity contribution in [3.05, 3.63) is 59.2 Å². The number of carbonyl (C=O) groups is 1. The molecule has 2 aromatic carbocycles. The van der Waals surface area contributed by atoms with Crippen LogP contribution in [0.25, 0.3) is 0 Å². The fourth-order valence-electron chi connectivity index (χ4n) is 3.05. The van der Waals surface area contributed by atoms with Gasteiger partial charge in [-0.1, -0.05) is 17.7 Å². The second-order valence-electron chi connectivity index (χ2n) is 6.26. The Morgan fingerprint density at radius 3 is 2.54 bits per heavy atom. The lowest BCUT2D eigenvalue weighted by atomic mass is 10.0. The molecule has 0 radical (unpaired) electrons. The predicted molar refractivity (Wildman–Crippen MR) is 98.2 cm³/mol. The molecular formula is C20H22N2O4. The highest BCUT2D eigenvalue weighted by molar-refractivity contribution is 5.97. The van der Waals surface area contributed by atoms with Crippen molar-refractivity contribution in [2.75, 3.05) is 14.2 Å². The Morgan fingerprint density at radius 2 is 1.92 bits per heavy atom. The van der Waals surface area contributed by atoms with E-state index in [1.807, 2.05) is 37.3 Å². The Bertz CT molecular complexity index is 878. The molecule has 2 aromatic rings. The fourth-order valence-corrected chi connectivity index (χ4v) is 3.05. The van der Waals surface area contributed by atoms with Gasteiger partial charge in [-0.3, -0.25) is 4.79 Å². The minimum atomic E-state index is -1.12. The number of hydrogen-bond donors (Lipinski definition) is 0. The van der Waals surface area contributed by atoms with Crippen molar-refractivity contribution in [1.82, 2.24) is 5.01 Å². The molecule has 0 N–H and O–H groups in total. The van der Waals surface area contributed by atoms with E-state index in [1.54, 1.807) is 33.3 Å². The molecule has 6 heteroatoms. The maximum Gasteiger partial charge on any atom is 0.243 e. The summed E-state index contributed by atoms with van der Waals surface area (Å²) >= 11 is 0. The van der Waals surface area contributed by atoms with Crippen molar-refractivity contribution < 1.29 is 19.0 Å². The fraction of sp³-hybridized carbons (Fsp3) is 0.300. The molecule has 0 aliphatic carbocycles. The van der Waals surface area contributed by atoms with E-state index in [0.29, 0.717) is 23.0 Å². The maximum atomic E-state index is 12.3. The van der Waals surface area contributed by atoms with Gasteiger partial charge in [-0.25, -0.2) is 0 Å². The van der Waals surface area contributed by atoms with E-state index < -0.39 is 5.72 Å². The van der Waals surface area contributed by atoms with Crippen LogP contribution in [0.1, 0.15) is 30.5 Å². The summed E-state index contributed by atoms with van der Waals surface area (Å²) < 4.78 is 17.0. The number of amides is 1. The third kappa shape index (κ3) is 2.98. The van der Waals surface area contributed by atoms with Gasteiger partial charge in [0.05, 0.1) is 19.8 Å². The highest BCUT2D eigenvalue weighted by Crippen LogP contribution is 2.42. The molecule has 1 aliphatic rings. The zero-order valence-electron chi connectivity index (χ0n) is 15.6. The molecule has 136 valence electrons. The summed E-state index contributed by atoms with van der Waals surface area (Å²) in [6.07, 6.45) is 0. The van der Waals surface area contributed by atoms with Crippen LogP contribution in [0.2, 0.25) is 0 Å². The first-order chi connectivity index (χ1) is 12.4. The maximum absolute atomic E-state index is 12.3. The molecule has 0 unspecified atom stereocenters. The molecule has 1 aliphatic heterocycles. The van der Waals surface area contributed by atoms with Crippen LogP contribution >= 0.6 is 0 Å². The zero-order chi connectivity index (χ0) is 18.9. The van der Waals surface area contributed by atoms with Crippen LogP contribution in [-0.2, 0) is 15.3 Å². The van der Waals surface area contributed by atoms with Gasteiger partial charge >= 0.3 is 0 Å². The quantitative estimate of drug-likeness (QED) is 0.844. The van der Waals surface area contributed by atoms with Gasteiger partial charge in [0.1, 0.15) is 11.5 Å². The van der Waals surface area contributed by atoms with Crippen molar-refractivity contribution >= 4 is 11.8 Å². The van der Waals surface area contributed by atoms with Gasteiger partial charge in [-0.15, -0.1) is 5.10 Å². The third-order valence-corrected chi connectivity index (χ3v) is 4.36. The average molecular weight is 354 g/mol. The molecule has 26 heavy (non-hydrogen) atoms. The molecule has 0 fully saturated rings. The number of methoxy groups -OCH3 is 2. The normalized spacial score (nSPS) is 19.0. The van der Waals surface area contributed by atoms with Crippen LogP contribution in [0.4, 0.5) is 0 Å². The van der Waals surface area contributed by atoms with Crippen molar-refractivity contribution in [3.8, 4) is 11.5 Å². The molecule has 0 aromatic heterocycles. The van der Waals surface area contributed by atoms with Gasteiger partial charge in [0.15, 0.2) is 0 Å².